The molecule has 3 rings (SSSR count). The Morgan fingerprint density at radius 2 is 1.45 bits per heavy atom. The average molecular weight is 297 g/mol. The van der Waals surface area contributed by atoms with Crippen molar-refractivity contribution in [3.63, 3.8) is 0 Å². The van der Waals surface area contributed by atoms with Gasteiger partial charge in [-0.05, 0) is 17.5 Å². The summed E-state index contributed by atoms with van der Waals surface area (Å²) in [5, 5.41) is 1.74. The number of imide groups is 1. The Morgan fingerprint density at radius 3 is 1.95 bits per heavy atom. The van der Waals surface area contributed by atoms with Gasteiger partial charge in [0.25, 0.3) is 11.8 Å². The molecule has 0 fully saturated rings. The summed E-state index contributed by atoms with van der Waals surface area (Å²) in [5.41, 5.74) is 1.27. The molecule has 1 heterocycles. The third-order valence-electron chi connectivity index (χ3n) is 4.07. The van der Waals surface area contributed by atoms with Gasteiger partial charge in [-0.2, -0.15) is 0 Å². The SMILES string of the molecule is C[N+](C)(C)CCCN1C(=O)c2cccc3cccc(c23)C1=O. The fourth-order valence-electron chi connectivity index (χ4n) is 2.99. The molecule has 0 bridgehead atoms. The first-order valence-electron chi connectivity index (χ1n) is 7.57. The van der Waals surface area contributed by atoms with Gasteiger partial charge in [-0.25, -0.2) is 0 Å². The van der Waals surface area contributed by atoms with Gasteiger partial charge in [-0.3, -0.25) is 14.5 Å². The van der Waals surface area contributed by atoms with E-state index in [-0.39, 0.29) is 11.8 Å². The van der Waals surface area contributed by atoms with Gasteiger partial charge in [-0.15, -0.1) is 0 Å². The van der Waals surface area contributed by atoms with Crippen molar-refractivity contribution < 1.29 is 14.1 Å². The minimum Gasteiger partial charge on any atom is -0.331 e. The standard InChI is InChI=1S/C18H21N2O2/c1-20(2,3)12-6-11-19-17(21)14-9-4-7-13-8-5-10-15(16(13)14)18(19)22/h4-5,7-10H,6,11-12H2,1-3H3/q+1. The summed E-state index contributed by atoms with van der Waals surface area (Å²) >= 11 is 0. The molecule has 0 spiro atoms. The van der Waals surface area contributed by atoms with Gasteiger partial charge in [0.1, 0.15) is 0 Å². The summed E-state index contributed by atoms with van der Waals surface area (Å²) in [4.78, 5) is 26.7. The molecule has 0 atom stereocenters. The predicted molar refractivity (Wildman–Crippen MR) is 86.8 cm³/mol. The molecule has 1 aliphatic rings. The maximum Gasteiger partial charge on any atom is 0.261 e. The first-order valence-corrected chi connectivity index (χ1v) is 7.57. The topological polar surface area (TPSA) is 37.4 Å². The Labute approximate surface area is 130 Å². The number of rotatable bonds is 4. The van der Waals surface area contributed by atoms with Crippen LogP contribution in [0.4, 0.5) is 0 Å². The van der Waals surface area contributed by atoms with E-state index in [4.69, 9.17) is 0 Å². The molecule has 0 radical (unpaired) electrons. The number of benzene rings is 2. The number of hydrogen-bond donors (Lipinski definition) is 0. The number of nitrogens with zero attached hydrogens (tertiary/aromatic N) is 2. The Balaban J connectivity index is 1.94. The highest BCUT2D eigenvalue weighted by Crippen LogP contribution is 2.29. The van der Waals surface area contributed by atoms with Crippen LogP contribution >= 0.6 is 0 Å². The van der Waals surface area contributed by atoms with Crippen LogP contribution in [0.5, 0.6) is 0 Å². The third-order valence-corrected chi connectivity index (χ3v) is 4.07. The number of hydrogen-bond acceptors (Lipinski definition) is 2. The molecule has 22 heavy (non-hydrogen) atoms. The van der Waals surface area contributed by atoms with E-state index < -0.39 is 0 Å². The summed E-state index contributed by atoms with van der Waals surface area (Å²) in [7, 11) is 6.32. The lowest BCUT2D eigenvalue weighted by molar-refractivity contribution is -0.870. The summed E-state index contributed by atoms with van der Waals surface area (Å²) in [6, 6.07) is 11.3. The Bertz CT molecular complexity index is 709. The minimum absolute atomic E-state index is 0.171. The van der Waals surface area contributed by atoms with Crippen molar-refractivity contribution in [2.75, 3.05) is 34.2 Å². The van der Waals surface area contributed by atoms with Crippen LogP contribution in [-0.2, 0) is 0 Å². The second-order valence-corrected chi connectivity index (χ2v) is 6.84. The Morgan fingerprint density at radius 1 is 0.909 bits per heavy atom. The summed E-state index contributed by atoms with van der Waals surface area (Å²) in [6.45, 7) is 1.39. The van der Waals surface area contributed by atoms with E-state index in [1.165, 1.54) is 4.90 Å². The molecule has 2 amide bonds. The number of amides is 2. The smallest absolute Gasteiger partial charge is 0.261 e. The molecule has 4 heteroatoms. The Kier molecular flexibility index (Phi) is 3.49. The van der Waals surface area contributed by atoms with Gasteiger partial charge >= 0.3 is 0 Å². The van der Waals surface area contributed by atoms with Gasteiger partial charge < -0.3 is 4.48 Å². The zero-order valence-electron chi connectivity index (χ0n) is 13.3. The molecule has 0 aromatic heterocycles. The molecule has 0 unspecified atom stereocenters. The lowest BCUT2D eigenvalue weighted by Gasteiger charge is -2.29. The molecule has 114 valence electrons. The van der Waals surface area contributed by atoms with Crippen LogP contribution < -0.4 is 0 Å². The van der Waals surface area contributed by atoms with E-state index in [2.05, 4.69) is 21.1 Å². The molecular formula is C18H21N2O2+. The molecule has 0 saturated heterocycles. The van der Waals surface area contributed by atoms with Gasteiger partial charge in [0.2, 0.25) is 0 Å². The third kappa shape index (κ3) is 2.50. The van der Waals surface area contributed by atoms with Crippen molar-refractivity contribution in [2.45, 2.75) is 6.42 Å². The molecule has 0 aliphatic carbocycles. The monoisotopic (exact) mass is 297 g/mol. The van der Waals surface area contributed by atoms with Crippen molar-refractivity contribution in [1.29, 1.82) is 0 Å². The van der Waals surface area contributed by atoms with E-state index in [1.54, 1.807) is 0 Å². The van der Waals surface area contributed by atoms with Crippen molar-refractivity contribution in [1.82, 2.24) is 4.90 Å². The van der Waals surface area contributed by atoms with E-state index in [0.717, 1.165) is 28.2 Å². The fourth-order valence-corrected chi connectivity index (χ4v) is 2.99. The van der Waals surface area contributed by atoms with E-state index in [0.29, 0.717) is 17.7 Å². The molecule has 0 saturated carbocycles. The maximum absolute atomic E-state index is 12.7. The minimum atomic E-state index is -0.171. The van der Waals surface area contributed by atoms with E-state index in [1.807, 2.05) is 36.4 Å². The van der Waals surface area contributed by atoms with E-state index in [9.17, 15) is 9.59 Å². The lowest BCUT2D eigenvalue weighted by atomic mass is 9.94. The molecule has 2 aromatic rings. The summed E-state index contributed by atoms with van der Waals surface area (Å²) < 4.78 is 0.822. The normalized spacial score (nSPS) is 14.8. The van der Waals surface area contributed by atoms with Gasteiger partial charge in [-0.1, -0.05) is 24.3 Å². The van der Waals surface area contributed by atoms with Gasteiger partial charge in [0.05, 0.1) is 27.7 Å². The van der Waals surface area contributed by atoms with Crippen LogP contribution in [0.2, 0.25) is 0 Å². The largest absolute Gasteiger partial charge is 0.331 e. The molecule has 0 N–H and O–H groups in total. The van der Waals surface area contributed by atoms with E-state index >= 15 is 0 Å². The number of quaternary nitrogens is 1. The quantitative estimate of drug-likeness (QED) is 0.642. The van der Waals surface area contributed by atoms with Crippen LogP contribution in [0.3, 0.4) is 0 Å². The van der Waals surface area contributed by atoms with Crippen LogP contribution in [0, 0.1) is 0 Å². The summed E-state index contributed by atoms with van der Waals surface area (Å²) in [6.07, 6.45) is 0.805. The van der Waals surface area contributed by atoms with Crippen molar-refractivity contribution in [3.8, 4) is 0 Å². The van der Waals surface area contributed by atoms with Crippen molar-refractivity contribution >= 4 is 22.6 Å². The van der Waals surface area contributed by atoms with Crippen molar-refractivity contribution in [3.05, 3.63) is 47.5 Å². The summed E-state index contributed by atoms with van der Waals surface area (Å²) in [5.74, 6) is -0.341. The lowest BCUT2D eigenvalue weighted by Crippen LogP contribution is -2.43. The van der Waals surface area contributed by atoms with Crippen LogP contribution in [0.1, 0.15) is 27.1 Å². The zero-order chi connectivity index (χ0) is 15.9. The maximum atomic E-state index is 12.7. The number of carbonyl (C=O) groups is 2. The second kappa shape index (κ2) is 5.21. The highest BCUT2D eigenvalue weighted by atomic mass is 16.2. The van der Waals surface area contributed by atoms with Gasteiger partial charge in [0.15, 0.2) is 0 Å². The second-order valence-electron chi connectivity index (χ2n) is 6.84. The first kappa shape index (κ1) is 14.7. The van der Waals surface area contributed by atoms with Crippen LogP contribution in [-0.4, -0.2) is 55.4 Å². The Hall–Kier alpha value is -2.20. The highest BCUT2D eigenvalue weighted by Gasteiger charge is 2.32. The first-order chi connectivity index (χ1) is 10.4. The predicted octanol–water partition coefficient (Wildman–Crippen LogP) is 2.53. The van der Waals surface area contributed by atoms with Gasteiger partial charge in [0, 0.05) is 29.5 Å². The molecule has 1 aliphatic heterocycles. The average Bonchev–Trinajstić information content (AvgIpc) is 2.47. The molecule has 2 aromatic carbocycles. The van der Waals surface area contributed by atoms with Crippen molar-refractivity contribution in [2.24, 2.45) is 0 Å². The molecular weight excluding hydrogens is 276 g/mol. The fraction of sp³-hybridized carbons (Fsp3) is 0.333. The molecule has 4 nitrogen and oxygen atoms in total. The van der Waals surface area contributed by atoms with Crippen LogP contribution in [0.25, 0.3) is 10.8 Å². The highest BCUT2D eigenvalue weighted by molar-refractivity contribution is 6.25. The zero-order valence-corrected chi connectivity index (χ0v) is 13.3. The van der Waals surface area contributed by atoms with Crippen LogP contribution in [0.15, 0.2) is 36.4 Å². The number of carbonyl (C=O) groups excluding carboxylic acids is 2.